The molecule has 10 aromatic carbocycles. The van der Waals surface area contributed by atoms with E-state index in [4.69, 9.17) is 0 Å². The Kier molecular flexibility index (Phi) is 6.15. The van der Waals surface area contributed by atoms with Gasteiger partial charge in [0.1, 0.15) is 0 Å². The van der Waals surface area contributed by atoms with E-state index in [-0.39, 0.29) is 0 Å². The highest BCUT2D eigenvalue weighted by Gasteiger charge is 2.32. The Morgan fingerprint density at radius 2 is 0.722 bits per heavy atom. The van der Waals surface area contributed by atoms with Gasteiger partial charge in [0.15, 0.2) is 0 Å². The van der Waals surface area contributed by atoms with Crippen LogP contribution in [0.2, 0.25) is 0 Å². The Labute approximate surface area is 314 Å². The van der Waals surface area contributed by atoms with Crippen LogP contribution in [-0.2, 0) is 0 Å². The molecule has 0 heteroatoms. The fourth-order valence-corrected chi connectivity index (χ4v) is 9.77. The molecule has 0 amide bonds. The smallest absolute Gasteiger partial charge is 0.000719 e. The second kappa shape index (κ2) is 11.2. The maximum Gasteiger partial charge on any atom is -0.000719 e. The standard InChI is InChI=1S/C54H32/c1-3-14-33(15-4-1)37-20-7-8-21-41(37)52-44-23-10-9-22-43(44)50(35-16-5-2-6-17-35)53-46-27-13-26-40-38(30-31-47(51(40)46)54(52)53)36-28-29-39-42-24-11-18-34-19-12-25-45(49(34)42)48(39)32-36/h1-32H. The van der Waals surface area contributed by atoms with Crippen molar-refractivity contribution in [3.05, 3.63) is 194 Å². The highest BCUT2D eigenvalue weighted by atomic mass is 14.3. The summed E-state index contributed by atoms with van der Waals surface area (Å²) in [7, 11) is 0. The average molecular weight is 681 g/mol. The van der Waals surface area contributed by atoms with Gasteiger partial charge in [-0.1, -0.05) is 188 Å². The van der Waals surface area contributed by atoms with Crippen LogP contribution in [0.15, 0.2) is 194 Å². The Morgan fingerprint density at radius 1 is 0.204 bits per heavy atom. The van der Waals surface area contributed by atoms with E-state index in [9.17, 15) is 0 Å². The zero-order valence-electron chi connectivity index (χ0n) is 29.5. The fraction of sp³-hybridized carbons (Fsp3) is 0. The molecule has 0 fully saturated rings. The van der Waals surface area contributed by atoms with Crippen LogP contribution < -0.4 is 0 Å². The molecule has 0 saturated heterocycles. The van der Waals surface area contributed by atoms with Gasteiger partial charge in [0.05, 0.1) is 0 Å². The molecule has 54 heavy (non-hydrogen) atoms. The van der Waals surface area contributed by atoms with Gasteiger partial charge in [-0.05, 0) is 127 Å². The summed E-state index contributed by atoms with van der Waals surface area (Å²) in [6.45, 7) is 0. The Balaban J connectivity index is 1.17. The summed E-state index contributed by atoms with van der Waals surface area (Å²) in [6, 6.07) is 72.2. The Morgan fingerprint density at radius 3 is 1.50 bits per heavy atom. The van der Waals surface area contributed by atoms with E-state index in [1.165, 1.54) is 121 Å². The predicted octanol–water partition coefficient (Wildman–Crippen LogP) is 15.1. The van der Waals surface area contributed by atoms with Crippen LogP contribution in [0.5, 0.6) is 0 Å². The van der Waals surface area contributed by atoms with Crippen LogP contribution in [0.4, 0.5) is 0 Å². The molecular weight excluding hydrogens is 649 g/mol. The number of rotatable bonds is 4. The normalized spacial score (nSPS) is 12.1. The number of hydrogen-bond acceptors (Lipinski definition) is 0. The summed E-state index contributed by atoms with van der Waals surface area (Å²) in [5.74, 6) is 0. The molecule has 2 aliphatic rings. The van der Waals surface area contributed by atoms with E-state index in [1.807, 2.05) is 0 Å². The molecule has 0 nitrogen and oxygen atoms in total. The van der Waals surface area contributed by atoms with Gasteiger partial charge >= 0.3 is 0 Å². The van der Waals surface area contributed by atoms with Gasteiger partial charge in [-0.2, -0.15) is 0 Å². The molecule has 0 radical (unpaired) electrons. The van der Waals surface area contributed by atoms with Crippen LogP contribution in [0, 0.1) is 0 Å². The van der Waals surface area contributed by atoms with Crippen molar-refractivity contribution in [1.82, 2.24) is 0 Å². The molecular formula is C54H32. The van der Waals surface area contributed by atoms with Crippen molar-refractivity contribution >= 4 is 32.3 Å². The summed E-state index contributed by atoms with van der Waals surface area (Å²) in [4.78, 5) is 0. The molecule has 0 saturated carbocycles. The highest BCUT2D eigenvalue weighted by molar-refractivity contribution is 6.29. The zero-order chi connectivity index (χ0) is 35.3. The molecule has 0 unspecified atom stereocenters. The molecule has 12 rings (SSSR count). The molecule has 0 aromatic heterocycles. The van der Waals surface area contributed by atoms with Crippen LogP contribution in [0.3, 0.4) is 0 Å². The minimum absolute atomic E-state index is 1.23. The molecule has 0 spiro atoms. The van der Waals surface area contributed by atoms with Crippen LogP contribution >= 0.6 is 0 Å². The van der Waals surface area contributed by atoms with Gasteiger partial charge in [-0.3, -0.25) is 0 Å². The first-order chi connectivity index (χ1) is 26.8. The molecule has 0 aliphatic heterocycles. The van der Waals surface area contributed by atoms with E-state index < -0.39 is 0 Å². The third kappa shape index (κ3) is 4.03. The van der Waals surface area contributed by atoms with Gasteiger partial charge in [-0.15, -0.1) is 0 Å². The Hall–Kier alpha value is -7.02. The molecule has 0 bridgehead atoms. The van der Waals surface area contributed by atoms with E-state index >= 15 is 0 Å². The lowest BCUT2D eigenvalue weighted by atomic mass is 9.81. The monoisotopic (exact) mass is 680 g/mol. The lowest BCUT2D eigenvalue weighted by Gasteiger charge is -2.22. The molecule has 10 aromatic rings. The van der Waals surface area contributed by atoms with E-state index in [0.717, 1.165) is 0 Å². The van der Waals surface area contributed by atoms with Gasteiger partial charge < -0.3 is 0 Å². The van der Waals surface area contributed by atoms with Crippen molar-refractivity contribution in [2.24, 2.45) is 0 Å². The van der Waals surface area contributed by atoms with E-state index in [0.29, 0.717) is 0 Å². The van der Waals surface area contributed by atoms with Gasteiger partial charge in [-0.25, -0.2) is 0 Å². The lowest BCUT2D eigenvalue weighted by Crippen LogP contribution is -1.95. The van der Waals surface area contributed by atoms with E-state index in [2.05, 4.69) is 194 Å². The summed E-state index contributed by atoms with van der Waals surface area (Å²) >= 11 is 0. The van der Waals surface area contributed by atoms with Crippen LogP contribution in [-0.4, -0.2) is 0 Å². The van der Waals surface area contributed by atoms with E-state index in [1.54, 1.807) is 0 Å². The maximum atomic E-state index is 2.43. The van der Waals surface area contributed by atoms with Gasteiger partial charge in [0, 0.05) is 0 Å². The summed E-state index contributed by atoms with van der Waals surface area (Å²) in [5.41, 5.74) is 20.7. The first-order valence-corrected chi connectivity index (χ1v) is 18.9. The third-order valence-corrected chi connectivity index (χ3v) is 12.0. The quantitative estimate of drug-likeness (QED) is 0.174. The van der Waals surface area contributed by atoms with Crippen molar-refractivity contribution in [3.8, 4) is 89.0 Å². The summed E-state index contributed by atoms with van der Waals surface area (Å²) in [6.07, 6.45) is 0. The van der Waals surface area contributed by atoms with Gasteiger partial charge in [0.25, 0.3) is 0 Å². The minimum atomic E-state index is 1.23. The highest BCUT2D eigenvalue weighted by Crippen LogP contribution is 2.59. The van der Waals surface area contributed by atoms with Crippen molar-refractivity contribution in [3.63, 3.8) is 0 Å². The SMILES string of the molecule is c1ccc(-c2ccccc2-c2c3c(c(-c4ccccc4)c4ccccc24)-c2cccc4c(-c5ccc6c(c5)-c5cccc7cccc-6c57)ccc-3c24)cc1. The summed E-state index contributed by atoms with van der Waals surface area (Å²) < 4.78 is 0. The second-order valence-corrected chi connectivity index (χ2v) is 14.7. The molecule has 0 N–H and O–H groups in total. The molecule has 248 valence electrons. The number of benzene rings is 10. The van der Waals surface area contributed by atoms with Gasteiger partial charge in [0.2, 0.25) is 0 Å². The van der Waals surface area contributed by atoms with Crippen molar-refractivity contribution in [2.45, 2.75) is 0 Å². The predicted molar refractivity (Wildman–Crippen MR) is 230 cm³/mol. The second-order valence-electron chi connectivity index (χ2n) is 14.7. The molecule has 0 atom stereocenters. The number of hydrogen-bond donors (Lipinski definition) is 0. The third-order valence-electron chi connectivity index (χ3n) is 12.0. The molecule has 2 aliphatic carbocycles. The number of fused-ring (bicyclic) bond motifs is 7. The molecule has 0 heterocycles. The van der Waals surface area contributed by atoms with Crippen molar-refractivity contribution in [2.75, 3.05) is 0 Å². The zero-order valence-corrected chi connectivity index (χ0v) is 29.5. The van der Waals surface area contributed by atoms with Crippen molar-refractivity contribution < 1.29 is 0 Å². The van der Waals surface area contributed by atoms with Crippen molar-refractivity contribution in [1.29, 1.82) is 0 Å². The minimum Gasteiger partial charge on any atom is -0.0622 e. The Bertz CT molecular complexity index is 3180. The van der Waals surface area contributed by atoms with Crippen LogP contribution in [0.25, 0.3) is 121 Å². The summed E-state index contributed by atoms with van der Waals surface area (Å²) in [5, 5.41) is 7.85. The lowest BCUT2D eigenvalue weighted by molar-refractivity contribution is 1.59. The maximum absolute atomic E-state index is 2.43. The first kappa shape index (κ1) is 29.5. The first-order valence-electron chi connectivity index (χ1n) is 18.9. The largest absolute Gasteiger partial charge is 0.0622 e. The fourth-order valence-electron chi connectivity index (χ4n) is 9.77. The average Bonchev–Trinajstić information content (AvgIpc) is 3.75. The topological polar surface area (TPSA) is 0 Å². The van der Waals surface area contributed by atoms with Crippen LogP contribution in [0.1, 0.15) is 0 Å².